The number of likely N-dealkylation sites (N-methyl/N-ethyl adjacent to an activating group) is 1. The quantitative estimate of drug-likeness (QED) is 0.465. The van der Waals surface area contributed by atoms with E-state index in [0.29, 0.717) is 6.54 Å². The van der Waals surface area contributed by atoms with E-state index in [1.807, 2.05) is 68.4 Å². The molecule has 2 amide bonds. The molecule has 0 aromatic heterocycles. The molecule has 3 rings (SSSR count). The number of carbonyl (C=O) groups excluding carboxylic acids is 2. The molecule has 35 heavy (non-hydrogen) atoms. The maximum atomic E-state index is 13.4. The van der Waals surface area contributed by atoms with Crippen molar-refractivity contribution in [2.45, 2.75) is 38.3 Å². The van der Waals surface area contributed by atoms with Crippen molar-refractivity contribution in [3.05, 3.63) is 78.4 Å². The Morgan fingerprint density at radius 2 is 1.51 bits per heavy atom. The van der Waals surface area contributed by atoms with Crippen molar-refractivity contribution < 1.29 is 18.0 Å². The Kier molecular flexibility index (Phi) is 8.64. The minimum absolute atomic E-state index is 0.115. The van der Waals surface area contributed by atoms with Gasteiger partial charge in [0.2, 0.25) is 21.8 Å². The SMILES string of the molecule is CC(C)CNC(=O)[C@H](C)N(Cc1ccccc1)C(=O)CN(C)S(=O)(=O)c1ccc2ccccc2c1. The molecule has 0 unspecified atom stereocenters. The molecule has 8 heteroatoms. The maximum absolute atomic E-state index is 13.4. The highest BCUT2D eigenvalue weighted by Gasteiger charge is 2.30. The lowest BCUT2D eigenvalue weighted by atomic mass is 10.1. The van der Waals surface area contributed by atoms with Crippen LogP contribution in [0, 0.1) is 5.92 Å². The molecule has 0 aliphatic heterocycles. The lowest BCUT2D eigenvalue weighted by Gasteiger charge is -2.30. The van der Waals surface area contributed by atoms with E-state index < -0.39 is 22.0 Å². The van der Waals surface area contributed by atoms with Crippen LogP contribution in [-0.4, -0.2) is 55.6 Å². The third-order valence-electron chi connectivity index (χ3n) is 5.83. The summed E-state index contributed by atoms with van der Waals surface area (Å²) in [7, 11) is -2.53. The van der Waals surface area contributed by atoms with Crippen molar-refractivity contribution in [2.24, 2.45) is 5.92 Å². The minimum Gasteiger partial charge on any atom is -0.354 e. The van der Waals surface area contributed by atoms with Crippen LogP contribution in [0.1, 0.15) is 26.3 Å². The number of rotatable bonds is 10. The highest BCUT2D eigenvalue weighted by molar-refractivity contribution is 7.89. The zero-order valence-electron chi connectivity index (χ0n) is 20.6. The van der Waals surface area contributed by atoms with Crippen molar-refractivity contribution in [1.82, 2.24) is 14.5 Å². The number of sulfonamides is 1. The fraction of sp³-hybridized carbons (Fsp3) is 0.333. The molecule has 0 saturated carbocycles. The van der Waals surface area contributed by atoms with Gasteiger partial charge in [0, 0.05) is 20.1 Å². The van der Waals surface area contributed by atoms with Gasteiger partial charge in [0.25, 0.3) is 0 Å². The Balaban J connectivity index is 1.81. The van der Waals surface area contributed by atoms with Crippen LogP contribution in [0.25, 0.3) is 10.8 Å². The van der Waals surface area contributed by atoms with Crippen molar-refractivity contribution in [1.29, 1.82) is 0 Å². The molecule has 186 valence electrons. The zero-order valence-corrected chi connectivity index (χ0v) is 21.5. The average molecular weight is 496 g/mol. The van der Waals surface area contributed by atoms with Crippen LogP contribution in [0.3, 0.4) is 0 Å². The first-order valence-corrected chi connectivity index (χ1v) is 13.1. The van der Waals surface area contributed by atoms with E-state index in [-0.39, 0.29) is 29.8 Å². The molecule has 7 nitrogen and oxygen atoms in total. The second-order valence-electron chi connectivity index (χ2n) is 9.09. The van der Waals surface area contributed by atoms with Crippen molar-refractivity contribution in [2.75, 3.05) is 20.1 Å². The van der Waals surface area contributed by atoms with Gasteiger partial charge in [-0.05, 0) is 41.3 Å². The van der Waals surface area contributed by atoms with Gasteiger partial charge >= 0.3 is 0 Å². The van der Waals surface area contributed by atoms with Crippen LogP contribution in [-0.2, 0) is 26.2 Å². The molecule has 0 spiro atoms. The van der Waals surface area contributed by atoms with Crippen LogP contribution in [0.5, 0.6) is 0 Å². The molecule has 0 aliphatic carbocycles. The van der Waals surface area contributed by atoms with Gasteiger partial charge < -0.3 is 10.2 Å². The largest absolute Gasteiger partial charge is 0.354 e. The molecular weight excluding hydrogens is 462 g/mol. The number of hydrogen-bond donors (Lipinski definition) is 1. The molecular formula is C27H33N3O4S. The fourth-order valence-electron chi connectivity index (χ4n) is 3.69. The predicted octanol–water partition coefficient (Wildman–Crippen LogP) is 3.65. The lowest BCUT2D eigenvalue weighted by molar-refractivity contribution is -0.140. The van der Waals surface area contributed by atoms with Gasteiger partial charge in [0.05, 0.1) is 11.4 Å². The van der Waals surface area contributed by atoms with Crippen LogP contribution in [0.15, 0.2) is 77.7 Å². The van der Waals surface area contributed by atoms with Crippen molar-refractivity contribution in [3.63, 3.8) is 0 Å². The highest BCUT2D eigenvalue weighted by atomic mass is 32.2. The van der Waals surface area contributed by atoms with E-state index >= 15 is 0 Å². The Labute approximate surface area is 207 Å². The number of carbonyl (C=O) groups is 2. The van der Waals surface area contributed by atoms with Gasteiger partial charge in [0.1, 0.15) is 6.04 Å². The second kappa shape index (κ2) is 11.5. The molecule has 1 atom stereocenters. The van der Waals surface area contributed by atoms with Gasteiger partial charge in [0.15, 0.2) is 0 Å². The van der Waals surface area contributed by atoms with Crippen molar-refractivity contribution in [3.8, 4) is 0 Å². The van der Waals surface area contributed by atoms with Gasteiger partial charge in [-0.1, -0.05) is 74.5 Å². The third-order valence-corrected chi connectivity index (χ3v) is 7.63. The molecule has 0 fully saturated rings. The van der Waals surface area contributed by atoms with Crippen LogP contribution in [0.4, 0.5) is 0 Å². The average Bonchev–Trinajstić information content (AvgIpc) is 2.85. The molecule has 3 aromatic carbocycles. The Morgan fingerprint density at radius 1 is 0.886 bits per heavy atom. The molecule has 3 aromatic rings. The Bertz CT molecular complexity index is 1280. The fourth-order valence-corrected chi connectivity index (χ4v) is 4.85. The summed E-state index contributed by atoms with van der Waals surface area (Å²) in [5.41, 5.74) is 0.851. The standard InChI is InChI=1S/C27H33N3O4S/c1-20(2)17-28-27(32)21(3)30(18-22-10-6-5-7-11-22)26(31)19-29(4)35(33,34)25-15-14-23-12-8-9-13-24(23)16-25/h5-16,20-21H,17-19H2,1-4H3,(H,28,32)/t21-/m0/s1. The Hall–Kier alpha value is -3.23. The minimum atomic E-state index is -3.91. The van der Waals surface area contributed by atoms with Crippen LogP contribution >= 0.6 is 0 Å². The highest BCUT2D eigenvalue weighted by Crippen LogP contribution is 2.21. The zero-order chi connectivity index (χ0) is 25.6. The summed E-state index contributed by atoms with van der Waals surface area (Å²) in [5, 5.41) is 4.60. The molecule has 0 heterocycles. The number of amides is 2. The molecule has 0 saturated heterocycles. The first kappa shape index (κ1) is 26.4. The number of benzene rings is 3. The molecule has 0 aliphatic rings. The van der Waals surface area contributed by atoms with E-state index in [1.54, 1.807) is 25.1 Å². The van der Waals surface area contributed by atoms with E-state index in [2.05, 4.69) is 5.32 Å². The first-order chi connectivity index (χ1) is 16.6. The van der Waals surface area contributed by atoms with E-state index in [0.717, 1.165) is 20.6 Å². The summed E-state index contributed by atoms with van der Waals surface area (Å²) in [6, 6.07) is 21.0. The predicted molar refractivity (Wildman–Crippen MR) is 138 cm³/mol. The molecule has 1 N–H and O–H groups in total. The topological polar surface area (TPSA) is 86.8 Å². The number of nitrogens with one attached hydrogen (secondary N) is 1. The van der Waals surface area contributed by atoms with E-state index in [1.165, 1.54) is 11.9 Å². The summed E-state index contributed by atoms with van der Waals surface area (Å²) < 4.78 is 27.5. The van der Waals surface area contributed by atoms with Gasteiger partial charge in [-0.3, -0.25) is 9.59 Å². The summed E-state index contributed by atoms with van der Waals surface area (Å²) in [6.07, 6.45) is 0. The Morgan fingerprint density at radius 3 is 2.17 bits per heavy atom. The summed E-state index contributed by atoms with van der Waals surface area (Å²) in [6.45, 7) is 5.94. The summed E-state index contributed by atoms with van der Waals surface area (Å²) in [4.78, 5) is 27.7. The van der Waals surface area contributed by atoms with Crippen molar-refractivity contribution >= 4 is 32.6 Å². The molecule has 0 radical (unpaired) electrons. The monoisotopic (exact) mass is 495 g/mol. The normalized spacial score (nSPS) is 12.6. The molecule has 0 bridgehead atoms. The maximum Gasteiger partial charge on any atom is 0.243 e. The lowest BCUT2D eigenvalue weighted by Crippen LogP contribution is -2.51. The summed E-state index contributed by atoms with van der Waals surface area (Å²) >= 11 is 0. The number of fused-ring (bicyclic) bond motifs is 1. The van der Waals surface area contributed by atoms with Crippen LogP contribution in [0.2, 0.25) is 0 Å². The number of nitrogens with zero attached hydrogens (tertiary/aromatic N) is 2. The smallest absolute Gasteiger partial charge is 0.243 e. The number of hydrogen-bond acceptors (Lipinski definition) is 4. The summed E-state index contributed by atoms with van der Waals surface area (Å²) in [5.74, 6) is -0.460. The van der Waals surface area contributed by atoms with Crippen LogP contribution < -0.4 is 5.32 Å². The van der Waals surface area contributed by atoms with Gasteiger partial charge in [-0.2, -0.15) is 4.31 Å². The van der Waals surface area contributed by atoms with E-state index in [9.17, 15) is 18.0 Å². The van der Waals surface area contributed by atoms with Gasteiger partial charge in [-0.25, -0.2) is 8.42 Å². The van der Waals surface area contributed by atoms with E-state index in [4.69, 9.17) is 0 Å². The second-order valence-corrected chi connectivity index (χ2v) is 11.1. The third kappa shape index (κ3) is 6.68. The van der Waals surface area contributed by atoms with Gasteiger partial charge in [-0.15, -0.1) is 0 Å². The first-order valence-electron chi connectivity index (χ1n) is 11.7.